The maximum atomic E-state index is 14.8. The number of nitrogens with zero attached hydrogens (tertiary/aromatic N) is 2. The van der Waals surface area contributed by atoms with Gasteiger partial charge in [0, 0.05) is 44.0 Å². The van der Waals surface area contributed by atoms with Crippen LogP contribution < -0.4 is 15.5 Å². The van der Waals surface area contributed by atoms with Crippen molar-refractivity contribution >= 4 is 29.3 Å². The molecule has 8 nitrogen and oxygen atoms in total. The number of fused-ring (bicyclic) bond motifs is 1. The van der Waals surface area contributed by atoms with Crippen molar-refractivity contribution in [2.45, 2.75) is 18.9 Å². The summed E-state index contributed by atoms with van der Waals surface area (Å²) in [7, 11) is 0. The quantitative estimate of drug-likeness (QED) is 0.682. The molecule has 27 heavy (non-hydrogen) atoms. The van der Waals surface area contributed by atoms with Crippen LogP contribution in [0, 0.1) is 11.6 Å². The minimum Gasteiger partial charge on any atom is -0.368 e. The van der Waals surface area contributed by atoms with Crippen molar-refractivity contribution in [3.05, 3.63) is 28.8 Å². The summed E-state index contributed by atoms with van der Waals surface area (Å²) in [5.74, 6) is -8.46. The van der Waals surface area contributed by atoms with Crippen molar-refractivity contribution in [3.63, 3.8) is 0 Å². The average Bonchev–Trinajstić information content (AvgIpc) is 2.95. The average molecular weight is 386 g/mol. The van der Waals surface area contributed by atoms with Crippen LogP contribution >= 0.6 is 0 Å². The highest BCUT2D eigenvalue weighted by Crippen LogP contribution is 2.37. The molecule has 0 saturated carbocycles. The Morgan fingerprint density at radius 1 is 1.07 bits per heavy atom. The van der Waals surface area contributed by atoms with Gasteiger partial charge in [0.15, 0.2) is 11.6 Å². The molecule has 10 heteroatoms. The second-order valence-electron chi connectivity index (χ2n) is 5.82. The Morgan fingerprint density at radius 2 is 1.74 bits per heavy atom. The second kappa shape index (κ2) is 6.38. The van der Waals surface area contributed by atoms with Crippen molar-refractivity contribution in [2.75, 3.05) is 30.9 Å². The highest BCUT2D eigenvalue weighted by molar-refractivity contribution is 6.25. The third kappa shape index (κ3) is 2.67. The van der Waals surface area contributed by atoms with E-state index in [-0.39, 0.29) is 28.7 Å². The van der Waals surface area contributed by atoms with E-state index in [2.05, 4.69) is 0 Å². The Labute approximate surface area is 163 Å². The number of nitrogens with one attached hydrogen (secondary N) is 2. The maximum absolute atomic E-state index is 14.8. The monoisotopic (exact) mass is 386 g/mol. The van der Waals surface area contributed by atoms with Gasteiger partial charge in [-0.1, -0.05) is 0 Å². The maximum Gasteiger partial charge on any atom is 0.265 e. The lowest BCUT2D eigenvalue weighted by atomic mass is 10.0. The predicted molar refractivity (Wildman–Crippen MR) is 88.1 cm³/mol. The van der Waals surface area contributed by atoms with Crippen LogP contribution in [0.4, 0.5) is 14.5 Å². The van der Waals surface area contributed by atoms with Gasteiger partial charge in [0.25, 0.3) is 11.8 Å². The van der Waals surface area contributed by atoms with E-state index in [0.29, 0.717) is 0 Å². The number of carbonyl (C=O) groups excluding carboxylic acids is 4. The number of rotatable bonds is 2. The molecule has 4 rings (SSSR count). The first-order chi connectivity index (χ1) is 15.9. The number of hydrogen-bond acceptors (Lipinski definition) is 6. The number of benzene rings is 1. The molecule has 0 aromatic heterocycles. The summed E-state index contributed by atoms with van der Waals surface area (Å²) in [6.45, 7) is -13.7. The Morgan fingerprint density at radius 3 is 2.41 bits per heavy atom. The van der Waals surface area contributed by atoms with E-state index in [1.165, 1.54) is 0 Å². The molecule has 3 aliphatic heterocycles. The van der Waals surface area contributed by atoms with Crippen molar-refractivity contribution in [1.82, 2.24) is 15.5 Å². The minimum absolute atomic E-state index is 0.153. The number of hydrogen-bond donors (Lipinski definition) is 2. The van der Waals surface area contributed by atoms with Gasteiger partial charge in [0.2, 0.25) is 11.8 Å². The normalized spacial score (nSPS) is 34.8. The molecule has 1 atom stereocenters. The Kier molecular flexibility index (Phi) is 2.47. The van der Waals surface area contributed by atoms with Crippen molar-refractivity contribution in [1.29, 1.82) is 0 Å². The molecule has 3 heterocycles. The molecule has 0 radical (unpaired) electrons. The van der Waals surface area contributed by atoms with E-state index in [4.69, 9.17) is 11.0 Å². The van der Waals surface area contributed by atoms with E-state index in [1.807, 2.05) is 5.32 Å². The van der Waals surface area contributed by atoms with Crippen LogP contribution in [-0.4, -0.2) is 60.6 Å². The summed E-state index contributed by atoms with van der Waals surface area (Å²) in [6.07, 6.45) is -0.646. The summed E-state index contributed by atoms with van der Waals surface area (Å²) in [5.41, 5.74) is -3.49. The van der Waals surface area contributed by atoms with Gasteiger partial charge in [-0.2, -0.15) is 0 Å². The standard InChI is InChI=1S/C17H16F2N4O4/c18-8-7-10(22-5-3-20-4-6-22)12-13(14(8)19)17(27)23(16(12)26)9-1-2-11(24)21-15(9)25/h7,9,20H,1-6H2,(H,21,24,25)/i3D2,4D2,5D2,6D2. The number of imide groups is 2. The number of halogens is 2. The zero-order valence-corrected chi connectivity index (χ0v) is 13.4. The second-order valence-corrected chi connectivity index (χ2v) is 5.82. The molecule has 0 aliphatic carbocycles. The summed E-state index contributed by atoms with van der Waals surface area (Å²) in [6, 6.07) is -1.47. The van der Waals surface area contributed by atoms with Gasteiger partial charge < -0.3 is 10.2 Å². The molecule has 3 aliphatic rings. The van der Waals surface area contributed by atoms with Crippen LogP contribution in [0.25, 0.3) is 0 Å². The molecular formula is C17H16F2N4O4. The van der Waals surface area contributed by atoms with Gasteiger partial charge in [-0.25, -0.2) is 8.78 Å². The van der Waals surface area contributed by atoms with Crippen LogP contribution in [0.5, 0.6) is 0 Å². The van der Waals surface area contributed by atoms with E-state index < -0.39 is 84.1 Å². The number of piperidine rings is 1. The molecule has 2 saturated heterocycles. The largest absolute Gasteiger partial charge is 0.368 e. The van der Waals surface area contributed by atoms with Crippen LogP contribution in [0.2, 0.25) is 0 Å². The summed E-state index contributed by atoms with van der Waals surface area (Å²) in [5, 5.41) is 3.45. The number of piperazine rings is 1. The Hall–Kier alpha value is -2.88. The molecule has 142 valence electrons. The van der Waals surface area contributed by atoms with Crippen molar-refractivity contribution in [2.24, 2.45) is 0 Å². The van der Waals surface area contributed by atoms with Gasteiger partial charge in [-0.15, -0.1) is 0 Å². The third-order valence-corrected chi connectivity index (χ3v) is 4.29. The lowest BCUT2D eigenvalue weighted by Gasteiger charge is -2.31. The molecule has 1 aromatic carbocycles. The topological polar surface area (TPSA) is 98.8 Å². The first-order valence-electron chi connectivity index (χ1n) is 11.7. The van der Waals surface area contributed by atoms with Crippen molar-refractivity contribution in [3.8, 4) is 0 Å². The van der Waals surface area contributed by atoms with E-state index in [1.54, 1.807) is 5.32 Å². The SMILES string of the molecule is [2H]C1([2H])NC([2H])([2H])C([2H])([2H])N(c2cc(F)c(F)c3c2C(=O)N(C2CCC(=O)NC2=O)C3=O)C1([2H])[2H]. The highest BCUT2D eigenvalue weighted by atomic mass is 19.2. The minimum atomic E-state index is -3.52. The van der Waals surface area contributed by atoms with Crippen LogP contribution in [0.15, 0.2) is 6.07 Å². The lowest BCUT2D eigenvalue weighted by Crippen LogP contribution is -2.54. The summed E-state index contributed by atoms with van der Waals surface area (Å²) < 4.78 is 93.7. The highest BCUT2D eigenvalue weighted by Gasteiger charge is 2.48. The van der Waals surface area contributed by atoms with E-state index >= 15 is 0 Å². The van der Waals surface area contributed by atoms with Gasteiger partial charge in [-0.3, -0.25) is 29.4 Å². The van der Waals surface area contributed by atoms with Crippen LogP contribution in [-0.2, 0) is 9.59 Å². The number of carbonyl (C=O) groups is 4. The lowest BCUT2D eigenvalue weighted by molar-refractivity contribution is -0.136. The molecule has 1 unspecified atom stereocenters. The molecule has 2 N–H and O–H groups in total. The van der Waals surface area contributed by atoms with Crippen LogP contribution in [0.3, 0.4) is 0 Å². The van der Waals surface area contributed by atoms with Gasteiger partial charge >= 0.3 is 0 Å². The molecule has 0 spiro atoms. The zero-order valence-electron chi connectivity index (χ0n) is 21.4. The van der Waals surface area contributed by atoms with Crippen LogP contribution in [0.1, 0.15) is 44.5 Å². The fourth-order valence-corrected chi connectivity index (χ4v) is 3.10. The van der Waals surface area contributed by atoms with Gasteiger partial charge in [-0.05, 0) is 6.42 Å². The van der Waals surface area contributed by atoms with E-state index in [9.17, 15) is 28.0 Å². The number of amides is 4. The van der Waals surface area contributed by atoms with Crippen molar-refractivity contribution < 1.29 is 38.9 Å². The zero-order chi connectivity index (χ0) is 26.5. The Balaban J connectivity index is 1.96. The molecule has 2 fully saturated rings. The summed E-state index contributed by atoms with van der Waals surface area (Å²) >= 11 is 0. The fourth-order valence-electron chi connectivity index (χ4n) is 3.10. The molecule has 0 bridgehead atoms. The van der Waals surface area contributed by atoms with E-state index in [0.717, 1.165) is 0 Å². The van der Waals surface area contributed by atoms with Gasteiger partial charge in [0.1, 0.15) is 6.04 Å². The molecule has 1 aromatic rings. The van der Waals surface area contributed by atoms with Gasteiger partial charge in [0.05, 0.1) is 22.3 Å². The molecule has 4 amide bonds. The first kappa shape index (κ1) is 10.5. The smallest absolute Gasteiger partial charge is 0.265 e. The Bertz CT molecular complexity index is 1190. The first-order valence-corrected chi connectivity index (χ1v) is 7.70. The summed E-state index contributed by atoms with van der Waals surface area (Å²) in [4.78, 5) is 50.0. The fraction of sp³-hybridized carbons (Fsp3) is 0.412. The molecular weight excluding hydrogens is 362 g/mol. The predicted octanol–water partition coefficient (Wildman–Crippen LogP) is -0.224. The number of anilines is 1. The third-order valence-electron chi connectivity index (χ3n) is 4.29.